The number of aryl methyl sites for hydroxylation is 2. The molecule has 1 aliphatic heterocycles. The number of hydrogen-bond acceptors (Lipinski definition) is 5. The number of likely N-dealkylation sites (tertiary alicyclic amines) is 1. The van der Waals surface area contributed by atoms with Crippen molar-refractivity contribution >= 4 is 16.8 Å². The molecule has 2 N–H and O–H groups in total. The molecule has 0 saturated carbocycles. The van der Waals surface area contributed by atoms with E-state index in [-0.39, 0.29) is 17.5 Å². The van der Waals surface area contributed by atoms with Gasteiger partial charge in [0.25, 0.3) is 5.91 Å². The number of aromatic nitrogens is 4. The fraction of sp³-hybridized carbons (Fsp3) is 0.308. The summed E-state index contributed by atoms with van der Waals surface area (Å²) in [7, 11) is 1.87. The summed E-state index contributed by atoms with van der Waals surface area (Å²) in [4.78, 5) is 20.0. The minimum Gasteiger partial charge on any atom is -0.336 e. The average molecular weight is 472 g/mol. The number of benzene rings is 2. The van der Waals surface area contributed by atoms with Crippen LogP contribution in [-0.4, -0.2) is 49.3 Å². The molecule has 1 aliphatic rings. The molecule has 3 heterocycles. The zero-order valence-electron chi connectivity index (χ0n) is 19.9. The minimum atomic E-state index is -0.633. The molecular formula is C26H26FN7O. The Balaban J connectivity index is 1.71. The van der Waals surface area contributed by atoms with Crippen LogP contribution in [0, 0.1) is 31.0 Å². The monoisotopic (exact) mass is 471 g/mol. The quantitative estimate of drug-likeness (QED) is 0.491. The maximum Gasteiger partial charge on any atom is 0.274 e. The van der Waals surface area contributed by atoms with E-state index >= 15 is 0 Å². The van der Waals surface area contributed by atoms with Crippen LogP contribution in [0.3, 0.4) is 0 Å². The average Bonchev–Trinajstić information content (AvgIpc) is 3.38. The van der Waals surface area contributed by atoms with Crippen molar-refractivity contribution in [2.24, 2.45) is 12.8 Å². The number of hydrogen-bond donors (Lipinski definition) is 1. The number of carbonyl (C=O) groups excluding carboxylic acids is 1. The molecule has 2 aromatic heterocycles. The van der Waals surface area contributed by atoms with Gasteiger partial charge in [-0.3, -0.25) is 14.0 Å². The second kappa shape index (κ2) is 8.64. The highest BCUT2D eigenvalue weighted by atomic mass is 19.1. The Morgan fingerprint density at radius 1 is 1.26 bits per heavy atom. The molecule has 2 aromatic carbocycles. The van der Waals surface area contributed by atoms with Gasteiger partial charge in [-0.2, -0.15) is 10.4 Å². The van der Waals surface area contributed by atoms with E-state index in [0.717, 1.165) is 35.0 Å². The molecule has 1 fully saturated rings. The number of carbonyl (C=O) groups is 1. The Morgan fingerprint density at radius 2 is 2.06 bits per heavy atom. The fourth-order valence-corrected chi connectivity index (χ4v) is 4.84. The van der Waals surface area contributed by atoms with Gasteiger partial charge >= 0.3 is 0 Å². The van der Waals surface area contributed by atoms with Crippen LogP contribution >= 0.6 is 0 Å². The number of imidazole rings is 1. The number of fused-ring (bicyclic) bond motifs is 1. The van der Waals surface area contributed by atoms with Crippen LogP contribution in [-0.2, 0) is 7.05 Å². The predicted octanol–water partition coefficient (Wildman–Crippen LogP) is 3.62. The van der Waals surface area contributed by atoms with E-state index in [9.17, 15) is 9.18 Å². The molecule has 5 rings (SSSR count). The molecule has 0 unspecified atom stereocenters. The van der Waals surface area contributed by atoms with Crippen molar-refractivity contribution in [1.29, 1.82) is 5.26 Å². The molecule has 0 radical (unpaired) electrons. The van der Waals surface area contributed by atoms with Crippen molar-refractivity contribution in [2.75, 3.05) is 13.1 Å². The van der Waals surface area contributed by atoms with Crippen LogP contribution < -0.4 is 5.73 Å². The first-order chi connectivity index (χ1) is 16.8. The third-order valence-electron chi connectivity index (χ3n) is 6.56. The third kappa shape index (κ3) is 3.96. The van der Waals surface area contributed by atoms with Crippen molar-refractivity contribution < 1.29 is 9.18 Å². The molecule has 35 heavy (non-hydrogen) atoms. The minimum absolute atomic E-state index is 0.0465. The number of nitrogens with two attached hydrogens (primary N) is 1. The molecule has 1 amide bonds. The zero-order valence-corrected chi connectivity index (χ0v) is 19.9. The lowest BCUT2D eigenvalue weighted by atomic mass is 10.1. The number of nitrogens with zero attached hydrogens (tertiary/aromatic N) is 6. The first-order valence-electron chi connectivity index (χ1n) is 11.6. The largest absolute Gasteiger partial charge is 0.336 e. The molecule has 9 heteroatoms. The lowest BCUT2D eigenvalue weighted by Gasteiger charge is -2.30. The van der Waals surface area contributed by atoms with Crippen LogP contribution in [0.2, 0.25) is 0 Å². The van der Waals surface area contributed by atoms with Crippen LogP contribution in [0.4, 0.5) is 4.39 Å². The fourth-order valence-electron chi connectivity index (χ4n) is 4.84. The number of rotatable bonds is 3. The van der Waals surface area contributed by atoms with E-state index in [1.165, 1.54) is 12.1 Å². The normalized spacial score (nSPS) is 16.0. The number of halogens is 1. The summed E-state index contributed by atoms with van der Waals surface area (Å²) in [5, 5.41) is 14.6. The van der Waals surface area contributed by atoms with Gasteiger partial charge in [0, 0.05) is 49.0 Å². The van der Waals surface area contributed by atoms with E-state index in [4.69, 9.17) is 16.0 Å². The molecule has 0 bridgehead atoms. The van der Waals surface area contributed by atoms with Crippen molar-refractivity contribution in [1.82, 2.24) is 24.2 Å². The SMILES string of the molecule is Cc1cc(-n2c(-c3ccc(C#N)c(F)c3)nc(C(=O)N3CCC[C@@H](N)C3)c2C)cc2cn(C)nc12. The van der Waals surface area contributed by atoms with Gasteiger partial charge < -0.3 is 10.6 Å². The molecule has 1 atom stereocenters. The van der Waals surface area contributed by atoms with E-state index in [2.05, 4.69) is 5.10 Å². The summed E-state index contributed by atoms with van der Waals surface area (Å²) in [5.41, 5.74) is 10.2. The highest BCUT2D eigenvalue weighted by Crippen LogP contribution is 2.31. The third-order valence-corrected chi connectivity index (χ3v) is 6.56. The van der Waals surface area contributed by atoms with E-state index in [0.29, 0.717) is 35.9 Å². The van der Waals surface area contributed by atoms with Gasteiger partial charge in [-0.25, -0.2) is 9.37 Å². The summed E-state index contributed by atoms with van der Waals surface area (Å²) >= 11 is 0. The Hall–Kier alpha value is -4.03. The number of piperidine rings is 1. The van der Waals surface area contributed by atoms with Gasteiger partial charge in [-0.15, -0.1) is 0 Å². The molecule has 178 valence electrons. The van der Waals surface area contributed by atoms with E-state index in [1.54, 1.807) is 15.6 Å². The first-order valence-corrected chi connectivity index (χ1v) is 11.6. The van der Waals surface area contributed by atoms with Gasteiger partial charge in [-0.1, -0.05) is 0 Å². The summed E-state index contributed by atoms with van der Waals surface area (Å²) in [5.74, 6) is -0.393. The highest BCUT2D eigenvalue weighted by molar-refractivity contribution is 5.95. The van der Waals surface area contributed by atoms with Crippen LogP contribution in [0.1, 0.15) is 40.2 Å². The zero-order chi connectivity index (χ0) is 24.9. The molecule has 0 aliphatic carbocycles. The number of nitriles is 1. The Kier molecular flexibility index (Phi) is 5.61. The first kappa shape index (κ1) is 22.7. The maximum atomic E-state index is 14.6. The second-order valence-corrected chi connectivity index (χ2v) is 9.17. The van der Waals surface area contributed by atoms with Gasteiger partial charge in [0.05, 0.1) is 16.8 Å². The predicted molar refractivity (Wildman–Crippen MR) is 131 cm³/mol. The van der Waals surface area contributed by atoms with E-state index in [1.807, 2.05) is 49.9 Å². The summed E-state index contributed by atoms with van der Waals surface area (Å²) in [6, 6.07) is 10.1. The van der Waals surface area contributed by atoms with Gasteiger partial charge in [0.15, 0.2) is 0 Å². The van der Waals surface area contributed by atoms with Crippen LogP contribution in [0.25, 0.3) is 28.0 Å². The highest BCUT2D eigenvalue weighted by Gasteiger charge is 2.28. The summed E-state index contributed by atoms with van der Waals surface area (Å²) < 4.78 is 18.2. The van der Waals surface area contributed by atoms with Crippen LogP contribution in [0.5, 0.6) is 0 Å². The van der Waals surface area contributed by atoms with Gasteiger partial charge in [0.1, 0.15) is 23.4 Å². The van der Waals surface area contributed by atoms with Crippen molar-refractivity contribution in [3.63, 3.8) is 0 Å². The van der Waals surface area contributed by atoms with Crippen molar-refractivity contribution in [3.05, 3.63) is 64.9 Å². The van der Waals surface area contributed by atoms with E-state index < -0.39 is 5.82 Å². The van der Waals surface area contributed by atoms with Gasteiger partial charge in [0.2, 0.25) is 0 Å². The number of amides is 1. The smallest absolute Gasteiger partial charge is 0.274 e. The standard InChI is InChI=1S/C26H26FN7O/c1-15-9-21(10-19-13-32(3)31-23(15)19)34-16(2)24(26(35)33-8-4-5-20(29)14-33)30-25(34)17-6-7-18(12-28)22(27)11-17/h6-7,9-11,13,20H,4-5,8,14,29H2,1-3H3/t20-/m1/s1. The molecule has 8 nitrogen and oxygen atoms in total. The lowest BCUT2D eigenvalue weighted by molar-refractivity contribution is 0.0702. The Bertz CT molecular complexity index is 1510. The molecule has 1 saturated heterocycles. The molecule has 4 aromatic rings. The van der Waals surface area contributed by atoms with Crippen LogP contribution in [0.15, 0.2) is 36.5 Å². The molecular weight excluding hydrogens is 445 g/mol. The second-order valence-electron chi connectivity index (χ2n) is 9.17. The lowest BCUT2D eigenvalue weighted by Crippen LogP contribution is -2.46. The van der Waals surface area contributed by atoms with Gasteiger partial charge in [-0.05, 0) is 62.6 Å². The summed E-state index contributed by atoms with van der Waals surface area (Å²) in [6.07, 6.45) is 3.66. The maximum absolute atomic E-state index is 14.6. The van der Waals surface area contributed by atoms with Crippen molar-refractivity contribution in [3.8, 4) is 23.1 Å². The topological polar surface area (TPSA) is 106 Å². The summed E-state index contributed by atoms with van der Waals surface area (Å²) in [6.45, 7) is 4.93. The van der Waals surface area contributed by atoms with Crippen molar-refractivity contribution in [2.45, 2.75) is 32.7 Å². The Morgan fingerprint density at radius 3 is 2.77 bits per heavy atom. The molecule has 0 spiro atoms. The Labute approximate surface area is 202 Å².